The highest BCUT2D eigenvalue weighted by atomic mass is 16.5. The fourth-order valence-corrected chi connectivity index (χ4v) is 2.34. The monoisotopic (exact) mass is 327 g/mol. The van der Waals surface area contributed by atoms with Crippen LogP contribution in [0.1, 0.15) is 18.1 Å². The molecule has 0 heterocycles. The predicted molar refractivity (Wildman–Crippen MR) is 99.2 cm³/mol. The quantitative estimate of drug-likeness (QED) is 0.629. The summed E-state index contributed by atoms with van der Waals surface area (Å²) in [5.74, 6) is 2.10. The Bertz CT molecular complexity index is 699. The van der Waals surface area contributed by atoms with E-state index in [0.717, 1.165) is 18.2 Å². The minimum Gasteiger partial charge on any atom is -0.493 e. The first-order valence-corrected chi connectivity index (χ1v) is 7.99. The van der Waals surface area contributed by atoms with Gasteiger partial charge in [0, 0.05) is 18.3 Å². The number of nitrogens with one attached hydrogen (secondary N) is 2. The van der Waals surface area contributed by atoms with Crippen LogP contribution in [0.2, 0.25) is 0 Å². The van der Waals surface area contributed by atoms with Crippen LogP contribution in [-0.2, 0) is 6.54 Å². The van der Waals surface area contributed by atoms with Crippen molar-refractivity contribution in [1.82, 2.24) is 5.32 Å². The van der Waals surface area contributed by atoms with E-state index in [2.05, 4.69) is 46.8 Å². The largest absolute Gasteiger partial charge is 0.493 e. The molecule has 0 radical (unpaired) electrons. The molecule has 2 aromatic carbocycles. The van der Waals surface area contributed by atoms with Gasteiger partial charge in [0.05, 0.1) is 20.8 Å². The lowest BCUT2D eigenvalue weighted by Gasteiger charge is -2.14. The molecule has 0 saturated heterocycles. The molecule has 0 bridgehead atoms. The highest BCUT2D eigenvalue weighted by Crippen LogP contribution is 2.29. The van der Waals surface area contributed by atoms with Gasteiger partial charge in [-0.3, -0.25) is 0 Å². The summed E-state index contributed by atoms with van der Waals surface area (Å²) in [6.07, 6.45) is 0. The van der Waals surface area contributed by atoms with Crippen LogP contribution >= 0.6 is 0 Å². The Hall–Kier alpha value is -2.69. The van der Waals surface area contributed by atoms with Crippen molar-refractivity contribution in [1.29, 1.82) is 0 Å². The number of anilines is 1. The van der Waals surface area contributed by atoms with Gasteiger partial charge in [-0.1, -0.05) is 29.8 Å². The molecule has 128 valence electrons. The molecule has 0 aliphatic heterocycles. The second-order valence-electron chi connectivity index (χ2n) is 5.38. The van der Waals surface area contributed by atoms with Gasteiger partial charge in [-0.05, 0) is 31.5 Å². The van der Waals surface area contributed by atoms with Gasteiger partial charge in [0.15, 0.2) is 17.5 Å². The van der Waals surface area contributed by atoms with Crippen molar-refractivity contribution < 1.29 is 9.47 Å². The molecule has 2 rings (SSSR count). The first kappa shape index (κ1) is 17.7. The lowest BCUT2D eigenvalue weighted by molar-refractivity contribution is 0.355. The highest BCUT2D eigenvalue weighted by Gasteiger charge is 2.06. The van der Waals surface area contributed by atoms with E-state index in [1.54, 1.807) is 14.2 Å². The van der Waals surface area contributed by atoms with Crippen molar-refractivity contribution in [3.05, 3.63) is 53.6 Å². The van der Waals surface area contributed by atoms with Crippen molar-refractivity contribution in [2.24, 2.45) is 4.99 Å². The molecule has 0 atom stereocenters. The summed E-state index contributed by atoms with van der Waals surface area (Å²) in [4.78, 5) is 4.64. The van der Waals surface area contributed by atoms with Gasteiger partial charge in [0.2, 0.25) is 0 Å². The number of rotatable bonds is 6. The van der Waals surface area contributed by atoms with Crippen LogP contribution in [-0.4, -0.2) is 26.7 Å². The molecule has 0 saturated carbocycles. The SMILES string of the molecule is CCNC(=NCc1cccc(C)c1)Nc1ccc(OC)c(OC)c1. The zero-order chi connectivity index (χ0) is 17.4. The maximum atomic E-state index is 5.34. The Balaban J connectivity index is 2.14. The molecular formula is C19H25N3O2. The van der Waals surface area contributed by atoms with Crippen LogP contribution in [0.25, 0.3) is 0 Å². The van der Waals surface area contributed by atoms with E-state index in [9.17, 15) is 0 Å². The second kappa shape index (κ2) is 8.82. The van der Waals surface area contributed by atoms with Crippen molar-refractivity contribution >= 4 is 11.6 Å². The second-order valence-corrected chi connectivity index (χ2v) is 5.38. The topological polar surface area (TPSA) is 54.9 Å². The van der Waals surface area contributed by atoms with E-state index in [4.69, 9.17) is 9.47 Å². The number of benzene rings is 2. The summed E-state index contributed by atoms with van der Waals surface area (Å²) in [5, 5.41) is 6.54. The Kier molecular flexibility index (Phi) is 6.49. The Morgan fingerprint density at radius 1 is 1.04 bits per heavy atom. The number of ether oxygens (including phenoxy) is 2. The maximum absolute atomic E-state index is 5.34. The molecule has 2 aromatic rings. The summed E-state index contributed by atoms with van der Waals surface area (Å²) in [6.45, 7) is 5.52. The van der Waals surface area contributed by atoms with E-state index < -0.39 is 0 Å². The average molecular weight is 327 g/mol. The van der Waals surface area contributed by atoms with E-state index in [0.29, 0.717) is 18.0 Å². The van der Waals surface area contributed by atoms with Gasteiger partial charge in [0.25, 0.3) is 0 Å². The van der Waals surface area contributed by atoms with E-state index >= 15 is 0 Å². The lowest BCUT2D eigenvalue weighted by atomic mass is 10.1. The zero-order valence-corrected chi connectivity index (χ0v) is 14.7. The lowest BCUT2D eigenvalue weighted by Crippen LogP contribution is -2.30. The average Bonchev–Trinajstić information content (AvgIpc) is 2.60. The molecule has 0 aliphatic carbocycles. The normalized spacial score (nSPS) is 11.1. The Morgan fingerprint density at radius 2 is 1.83 bits per heavy atom. The third kappa shape index (κ3) is 4.91. The van der Waals surface area contributed by atoms with Crippen molar-refractivity contribution in [3.8, 4) is 11.5 Å². The summed E-state index contributed by atoms with van der Waals surface area (Å²) in [6, 6.07) is 14.0. The molecular weight excluding hydrogens is 302 g/mol. The molecule has 24 heavy (non-hydrogen) atoms. The summed E-state index contributed by atoms with van der Waals surface area (Å²) < 4.78 is 10.6. The third-order valence-corrected chi connectivity index (χ3v) is 3.49. The van der Waals surface area contributed by atoms with Crippen LogP contribution in [0, 0.1) is 6.92 Å². The summed E-state index contributed by atoms with van der Waals surface area (Å²) >= 11 is 0. The molecule has 0 aliphatic rings. The number of nitrogens with zero attached hydrogens (tertiary/aromatic N) is 1. The Morgan fingerprint density at radius 3 is 2.50 bits per heavy atom. The molecule has 0 aromatic heterocycles. The van der Waals surface area contributed by atoms with Gasteiger partial charge < -0.3 is 20.1 Å². The van der Waals surface area contributed by atoms with Crippen molar-refractivity contribution in [2.45, 2.75) is 20.4 Å². The van der Waals surface area contributed by atoms with Gasteiger partial charge in [0.1, 0.15) is 0 Å². The van der Waals surface area contributed by atoms with Gasteiger partial charge in [-0.2, -0.15) is 0 Å². The number of hydrogen-bond donors (Lipinski definition) is 2. The van der Waals surface area contributed by atoms with E-state index in [1.807, 2.05) is 25.1 Å². The molecule has 0 fully saturated rings. The van der Waals surface area contributed by atoms with Crippen LogP contribution in [0.3, 0.4) is 0 Å². The number of methoxy groups -OCH3 is 2. The highest BCUT2D eigenvalue weighted by molar-refractivity contribution is 5.93. The standard InChI is InChI=1S/C19H25N3O2/c1-5-20-19(21-13-15-8-6-7-14(2)11-15)22-16-9-10-17(23-3)18(12-16)24-4/h6-12H,5,13H2,1-4H3,(H2,20,21,22). The minimum atomic E-state index is 0.615. The molecule has 2 N–H and O–H groups in total. The predicted octanol–water partition coefficient (Wildman–Crippen LogP) is 3.59. The Labute approximate surface area is 143 Å². The first-order valence-electron chi connectivity index (χ1n) is 7.99. The first-order chi connectivity index (χ1) is 11.7. The minimum absolute atomic E-state index is 0.615. The molecule has 0 unspecified atom stereocenters. The maximum Gasteiger partial charge on any atom is 0.196 e. The van der Waals surface area contributed by atoms with Crippen LogP contribution in [0.5, 0.6) is 11.5 Å². The molecule has 0 amide bonds. The molecule has 5 heteroatoms. The van der Waals surface area contributed by atoms with Crippen LogP contribution < -0.4 is 20.1 Å². The fraction of sp³-hybridized carbons (Fsp3) is 0.316. The number of guanidine groups is 1. The van der Waals surface area contributed by atoms with Gasteiger partial charge in [-0.25, -0.2) is 4.99 Å². The van der Waals surface area contributed by atoms with Crippen molar-refractivity contribution in [2.75, 3.05) is 26.1 Å². The molecule has 0 spiro atoms. The molecule has 5 nitrogen and oxygen atoms in total. The number of aliphatic imine (C=N–C) groups is 1. The van der Waals surface area contributed by atoms with Crippen LogP contribution in [0.4, 0.5) is 5.69 Å². The summed E-state index contributed by atoms with van der Waals surface area (Å²) in [7, 11) is 3.25. The fourth-order valence-electron chi connectivity index (χ4n) is 2.34. The number of hydrogen-bond acceptors (Lipinski definition) is 3. The van der Waals surface area contributed by atoms with Gasteiger partial charge in [-0.15, -0.1) is 0 Å². The number of aryl methyl sites for hydroxylation is 1. The third-order valence-electron chi connectivity index (χ3n) is 3.49. The van der Waals surface area contributed by atoms with E-state index in [1.165, 1.54) is 11.1 Å². The van der Waals surface area contributed by atoms with E-state index in [-0.39, 0.29) is 0 Å². The van der Waals surface area contributed by atoms with Crippen molar-refractivity contribution in [3.63, 3.8) is 0 Å². The zero-order valence-electron chi connectivity index (χ0n) is 14.7. The summed E-state index contributed by atoms with van der Waals surface area (Å²) in [5.41, 5.74) is 3.30. The van der Waals surface area contributed by atoms with Crippen LogP contribution in [0.15, 0.2) is 47.5 Å². The van der Waals surface area contributed by atoms with Gasteiger partial charge >= 0.3 is 0 Å². The smallest absolute Gasteiger partial charge is 0.196 e.